The fourth-order valence-electron chi connectivity index (χ4n) is 2.93. The van der Waals surface area contributed by atoms with Gasteiger partial charge in [0.05, 0.1) is 6.54 Å². The Balaban J connectivity index is 0.000000473. The number of hydrogen-bond donors (Lipinski definition) is 5. The number of nitrogen functional groups attached to an aromatic ring is 1. The van der Waals surface area contributed by atoms with E-state index in [0.29, 0.717) is 36.6 Å². The van der Waals surface area contributed by atoms with Crippen molar-refractivity contribution in [1.29, 1.82) is 5.41 Å². The van der Waals surface area contributed by atoms with E-state index in [4.69, 9.17) is 40.1 Å². The molecule has 1 aliphatic heterocycles. The summed E-state index contributed by atoms with van der Waals surface area (Å²) in [6.45, 7) is 1.01. The van der Waals surface area contributed by atoms with Gasteiger partial charge in [-0.25, -0.2) is 14.4 Å². The number of nitrogens with two attached hydrogens (primary N) is 1. The highest BCUT2D eigenvalue weighted by molar-refractivity contribution is 5.95. The van der Waals surface area contributed by atoms with E-state index in [9.17, 15) is 41.0 Å². The quantitative estimate of drug-likeness (QED) is 0.110. The Morgan fingerprint density at radius 1 is 0.950 bits per heavy atom. The fourth-order valence-corrected chi connectivity index (χ4v) is 2.93. The summed E-state index contributed by atoms with van der Waals surface area (Å²) in [5.74, 6) is -6.21. The highest BCUT2D eigenvalue weighted by Crippen LogP contribution is 2.22. The molecule has 40 heavy (non-hydrogen) atoms. The molecule has 12 nitrogen and oxygen atoms in total. The number of nitrogens with zero attached hydrogens (tertiary/aromatic N) is 1. The van der Waals surface area contributed by atoms with E-state index in [1.807, 2.05) is 4.90 Å². The minimum absolute atomic E-state index is 0.0433. The summed E-state index contributed by atoms with van der Waals surface area (Å²) in [5.41, 5.74) is 5.91. The normalized spacial score (nSPS) is 15.1. The number of amidine groups is 1. The summed E-state index contributed by atoms with van der Waals surface area (Å²) in [4.78, 5) is 43.0. The zero-order valence-electron chi connectivity index (χ0n) is 20.0. The molecule has 1 atom stereocenters. The summed E-state index contributed by atoms with van der Waals surface area (Å²) in [5, 5.41) is 30.8. The van der Waals surface area contributed by atoms with Crippen molar-refractivity contribution >= 4 is 29.7 Å². The van der Waals surface area contributed by atoms with E-state index in [2.05, 4.69) is 0 Å². The van der Waals surface area contributed by atoms with Crippen LogP contribution in [0.15, 0.2) is 40.8 Å². The molecule has 0 bridgehead atoms. The van der Waals surface area contributed by atoms with Crippen LogP contribution in [0.2, 0.25) is 0 Å². The molecule has 0 radical (unpaired) electrons. The van der Waals surface area contributed by atoms with Crippen LogP contribution < -0.4 is 10.5 Å². The Hall–Kier alpha value is -4.61. The molecule has 6 N–H and O–H groups in total. The van der Waals surface area contributed by atoms with Crippen LogP contribution in [-0.4, -0.2) is 74.9 Å². The predicted molar refractivity (Wildman–Crippen MR) is 120 cm³/mol. The fraction of sp³-hybridized carbons (Fsp3) is 0.318. The lowest BCUT2D eigenvalue weighted by atomic mass is 10.2. The van der Waals surface area contributed by atoms with Gasteiger partial charge in [-0.2, -0.15) is 26.3 Å². The van der Waals surface area contributed by atoms with Crippen molar-refractivity contribution in [3.8, 4) is 5.75 Å². The lowest BCUT2D eigenvalue weighted by molar-refractivity contribution is -0.193. The molecule has 2 aromatic rings. The number of halogens is 6. The van der Waals surface area contributed by atoms with Gasteiger partial charge in [0.2, 0.25) is 5.76 Å². The second-order valence-electron chi connectivity index (χ2n) is 7.67. The molecular formula is C22H21F6N3O9. The van der Waals surface area contributed by atoms with Crippen LogP contribution in [0.5, 0.6) is 5.75 Å². The third kappa shape index (κ3) is 11.0. The number of benzene rings is 1. The van der Waals surface area contributed by atoms with Gasteiger partial charge < -0.3 is 30.2 Å². The summed E-state index contributed by atoms with van der Waals surface area (Å²) in [7, 11) is 0. The Morgan fingerprint density at radius 3 is 1.88 bits per heavy atom. The molecule has 1 aromatic carbocycles. The van der Waals surface area contributed by atoms with Gasteiger partial charge in [-0.05, 0) is 55.8 Å². The van der Waals surface area contributed by atoms with E-state index in [0.717, 1.165) is 6.42 Å². The zero-order chi connectivity index (χ0) is 30.8. The first-order valence-corrected chi connectivity index (χ1v) is 10.6. The van der Waals surface area contributed by atoms with Crippen LogP contribution >= 0.6 is 0 Å². The van der Waals surface area contributed by atoms with Gasteiger partial charge in [0.25, 0.3) is 0 Å². The molecule has 0 unspecified atom stereocenters. The second kappa shape index (κ2) is 14.0. The van der Waals surface area contributed by atoms with E-state index in [-0.39, 0.29) is 11.6 Å². The number of esters is 1. The van der Waals surface area contributed by atoms with Crippen LogP contribution in [0.3, 0.4) is 0 Å². The van der Waals surface area contributed by atoms with Gasteiger partial charge in [-0.3, -0.25) is 15.1 Å². The van der Waals surface area contributed by atoms with Crippen LogP contribution in [0.25, 0.3) is 0 Å². The third-order valence-corrected chi connectivity index (χ3v) is 4.73. The number of alkyl halides is 6. The SMILES string of the molecule is N=C(N)c1ccc(OC(=O)c2ccc(CN3CCC[C@@H]3C(=O)O)o2)cc1.O=C(O)C(F)(F)F.O=C(O)C(F)(F)F. The number of nitrogens with one attached hydrogen (secondary N) is 1. The monoisotopic (exact) mass is 585 g/mol. The smallest absolute Gasteiger partial charge is 0.480 e. The lowest BCUT2D eigenvalue weighted by Crippen LogP contribution is -2.35. The number of rotatable bonds is 6. The maximum atomic E-state index is 12.2. The van der Waals surface area contributed by atoms with E-state index in [1.54, 1.807) is 30.3 Å². The molecule has 0 aliphatic carbocycles. The van der Waals surface area contributed by atoms with Crippen LogP contribution in [0.1, 0.15) is 34.7 Å². The summed E-state index contributed by atoms with van der Waals surface area (Å²) < 4.78 is 74.2. The van der Waals surface area contributed by atoms with Gasteiger partial charge >= 0.3 is 36.2 Å². The highest BCUT2D eigenvalue weighted by atomic mass is 19.4. The lowest BCUT2D eigenvalue weighted by Gasteiger charge is -2.19. The van der Waals surface area contributed by atoms with Crippen LogP contribution in [0, 0.1) is 5.41 Å². The molecule has 1 aliphatic rings. The molecule has 0 saturated carbocycles. The number of furan rings is 1. The van der Waals surface area contributed by atoms with Crippen molar-refractivity contribution < 1.29 is 70.0 Å². The Kier molecular flexibility index (Phi) is 11.7. The Morgan fingerprint density at radius 2 is 1.45 bits per heavy atom. The average Bonchev–Trinajstić information content (AvgIpc) is 3.49. The minimum atomic E-state index is -5.08. The van der Waals surface area contributed by atoms with E-state index >= 15 is 0 Å². The van der Waals surface area contributed by atoms with E-state index < -0.39 is 42.3 Å². The van der Waals surface area contributed by atoms with Gasteiger partial charge in [0, 0.05) is 5.56 Å². The molecule has 18 heteroatoms. The number of carboxylic acid groups (broad SMARTS) is 3. The number of carbonyl (C=O) groups is 4. The minimum Gasteiger partial charge on any atom is -0.480 e. The molecule has 2 heterocycles. The summed E-state index contributed by atoms with van der Waals surface area (Å²) >= 11 is 0. The number of aliphatic carboxylic acids is 3. The second-order valence-corrected chi connectivity index (χ2v) is 7.67. The van der Waals surface area contributed by atoms with Crippen molar-refractivity contribution in [2.24, 2.45) is 5.73 Å². The van der Waals surface area contributed by atoms with Gasteiger partial charge in [-0.1, -0.05) is 0 Å². The predicted octanol–water partition coefficient (Wildman–Crippen LogP) is 3.10. The van der Waals surface area contributed by atoms with E-state index in [1.165, 1.54) is 6.07 Å². The van der Waals surface area contributed by atoms with Crippen molar-refractivity contribution in [2.75, 3.05) is 6.54 Å². The molecule has 220 valence electrons. The molecule has 0 spiro atoms. The number of carbonyl (C=O) groups excluding carboxylic acids is 1. The number of ether oxygens (including phenoxy) is 1. The molecule has 1 aromatic heterocycles. The number of likely N-dealkylation sites (tertiary alicyclic amines) is 1. The summed E-state index contributed by atoms with van der Waals surface area (Å²) in [6.07, 6.45) is -8.73. The highest BCUT2D eigenvalue weighted by Gasteiger charge is 2.39. The van der Waals surface area contributed by atoms with Crippen molar-refractivity contribution in [2.45, 2.75) is 37.8 Å². The Bertz CT molecular complexity index is 1190. The van der Waals surface area contributed by atoms with Crippen molar-refractivity contribution in [1.82, 2.24) is 4.90 Å². The maximum absolute atomic E-state index is 12.2. The molecule has 0 amide bonds. The summed E-state index contributed by atoms with van der Waals surface area (Å²) in [6, 6.07) is 8.88. The number of hydrogen-bond acceptors (Lipinski definition) is 8. The third-order valence-electron chi connectivity index (χ3n) is 4.73. The standard InChI is InChI=1S/C18H19N3O5.2C2HF3O2/c19-16(20)11-3-5-12(6-4-11)26-18(24)15-8-7-13(25-15)10-21-9-1-2-14(21)17(22)23;2*3-2(4,5)1(6)7/h3-8,14H,1-2,9-10H2,(H3,19,20)(H,22,23);2*(H,6,7)/t14-;;/m1../s1. The Labute approximate surface area is 220 Å². The van der Waals surface area contributed by atoms with Gasteiger partial charge in [-0.15, -0.1) is 0 Å². The first-order valence-electron chi connectivity index (χ1n) is 10.6. The van der Waals surface area contributed by atoms with Gasteiger partial charge in [0.15, 0.2) is 0 Å². The molecule has 3 rings (SSSR count). The molecular weight excluding hydrogens is 564 g/mol. The van der Waals surface area contributed by atoms with Crippen LogP contribution in [0.4, 0.5) is 26.3 Å². The first kappa shape index (κ1) is 33.4. The molecule has 1 fully saturated rings. The van der Waals surface area contributed by atoms with Crippen LogP contribution in [-0.2, 0) is 20.9 Å². The van der Waals surface area contributed by atoms with Crippen molar-refractivity contribution in [3.63, 3.8) is 0 Å². The maximum Gasteiger partial charge on any atom is 0.490 e. The van der Waals surface area contributed by atoms with Gasteiger partial charge in [0.1, 0.15) is 23.4 Å². The zero-order valence-corrected chi connectivity index (χ0v) is 20.0. The topological polar surface area (TPSA) is 204 Å². The average molecular weight is 585 g/mol. The molecule has 1 saturated heterocycles. The number of carboxylic acids is 3. The first-order chi connectivity index (χ1) is 18.3. The largest absolute Gasteiger partial charge is 0.490 e. The van der Waals surface area contributed by atoms with Crippen molar-refractivity contribution in [3.05, 3.63) is 53.5 Å².